The van der Waals surface area contributed by atoms with Crippen molar-refractivity contribution in [2.24, 2.45) is 4.99 Å². The lowest BCUT2D eigenvalue weighted by Gasteiger charge is -2.15. The number of rotatable bonds is 5. The van der Waals surface area contributed by atoms with Gasteiger partial charge in [0.1, 0.15) is 13.2 Å². The summed E-state index contributed by atoms with van der Waals surface area (Å²) in [5, 5.41) is 10.4. The lowest BCUT2D eigenvalue weighted by atomic mass is 10.0. The van der Waals surface area contributed by atoms with Gasteiger partial charge in [-0.2, -0.15) is 5.06 Å². The number of hydroxylamine groups is 2. The molecule has 27 heavy (non-hydrogen) atoms. The Bertz CT molecular complexity index is 981. The van der Waals surface area contributed by atoms with Crippen molar-refractivity contribution in [1.82, 2.24) is 19.8 Å². The molecule has 1 aromatic heterocycles. The highest BCUT2D eigenvalue weighted by molar-refractivity contribution is 7.98. The van der Waals surface area contributed by atoms with Crippen molar-refractivity contribution < 1.29 is 4.84 Å². The predicted molar refractivity (Wildman–Crippen MR) is 107 cm³/mol. The van der Waals surface area contributed by atoms with Gasteiger partial charge in [0.25, 0.3) is 0 Å². The molecule has 0 aliphatic carbocycles. The van der Waals surface area contributed by atoms with Crippen LogP contribution >= 0.6 is 11.8 Å². The summed E-state index contributed by atoms with van der Waals surface area (Å²) in [6.45, 7) is 0.826. The molecule has 0 saturated carbocycles. The Morgan fingerprint density at radius 2 is 1.93 bits per heavy atom. The summed E-state index contributed by atoms with van der Waals surface area (Å²) < 4.78 is 2.07. The van der Waals surface area contributed by atoms with Crippen molar-refractivity contribution in [3.63, 3.8) is 0 Å². The number of aromatic nitrogens is 3. The molecular weight excluding hydrogens is 358 g/mol. The van der Waals surface area contributed by atoms with Crippen molar-refractivity contribution in [3.05, 3.63) is 71.3 Å². The van der Waals surface area contributed by atoms with Crippen LogP contribution in [0.3, 0.4) is 0 Å². The van der Waals surface area contributed by atoms with Crippen LogP contribution in [0.4, 0.5) is 0 Å². The van der Waals surface area contributed by atoms with E-state index >= 15 is 0 Å². The highest BCUT2D eigenvalue weighted by Crippen LogP contribution is 2.29. The smallest absolute Gasteiger partial charge is 0.165 e. The second-order valence-corrected chi connectivity index (χ2v) is 7.25. The minimum absolute atomic E-state index is 0.352. The first kappa shape index (κ1) is 17.9. The topological polar surface area (TPSA) is 55.5 Å². The Hall–Kier alpha value is -2.48. The van der Waals surface area contributed by atoms with Crippen molar-refractivity contribution in [2.45, 2.75) is 18.0 Å². The third-order valence-corrected chi connectivity index (χ3v) is 5.10. The monoisotopic (exact) mass is 379 g/mol. The van der Waals surface area contributed by atoms with E-state index in [0.717, 1.165) is 34.2 Å². The van der Waals surface area contributed by atoms with E-state index in [2.05, 4.69) is 51.4 Å². The van der Waals surface area contributed by atoms with Gasteiger partial charge in [-0.05, 0) is 24.5 Å². The average Bonchev–Trinajstić information content (AvgIpc) is 3.02. The first-order valence-corrected chi connectivity index (χ1v) is 9.92. The van der Waals surface area contributed by atoms with E-state index in [9.17, 15) is 0 Å². The van der Waals surface area contributed by atoms with Crippen molar-refractivity contribution in [1.29, 1.82) is 0 Å². The minimum Gasteiger partial charge on any atom is -0.291 e. The summed E-state index contributed by atoms with van der Waals surface area (Å²) >= 11 is 1.72. The minimum atomic E-state index is 0.352. The van der Waals surface area contributed by atoms with E-state index in [1.807, 2.05) is 32.3 Å². The number of fused-ring (bicyclic) bond motifs is 3. The second-order valence-electron chi connectivity index (χ2n) is 6.37. The van der Waals surface area contributed by atoms with E-state index in [1.165, 1.54) is 4.90 Å². The zero-order chi connectivity index (χ0) is 18.8. The van der Waals surface area contributed by atoms with Crippen LogP contribution in [0.2, 0.25) is 0 Å². The number of nitrogens with zero attached hydrogens (tertiary/aromatic N) is 5. The molecule has 6 nitrogen and oxygen atoms in total. The summed E-state index contributed by atoms with van der Waals surface area (Å²) in [5.41, 5.74) is 4.19. The van der Waals surface area contributed by atoms with Gasteiger partial charge in [-0.3, -0.25) is 14.4 Å². The molecule has 0 radical (unpaired) electrons. The Morgan fingerprint density at radius 1 is 1.11 bits per heavy atom. The first-order chi connectivity index (χ1) is 13.2. The molecule has 1 aliphatic heterocycles. The maximum Gasteiger partial charge on any atom is 0.165 e. The van der Waals surface area contributed by atoms with E-state index in [0.29, 0.717) is 13.2 Å². The zero-order valence-electron chi connectivity index (χ0n) is 15.6. The molecule has 4 rings (SSSR count). The standard InChI is InChI=1S/C20H21N5OS/c1-24(2)26-13-19-23-22-18-12-21-20(14-7-5-4-6-8-14)16-11-15(27-3)9-10-17(16)25(18)19/h4-11H,12-13H2,1-3H3. The summed E-state index contributed by atoms with van der Waals surface area (Å²) in [7, 11) is 3.71. The van der Waals surface area contributed by atoms with Crippen LogP contribution in [0.25, 0.3) is 5.69 Å². The largest absolute Gasteiger partial charge is 0.291 e. The fraction of sp³-hybridized carbons (Fsp3) is 0.250. The number of benzene rings is 2. The molecule has 138 valence electrons. The predicted octanol–water partition coefficient (Wildman–Crippen LogP) is 3.33. The van der Waals surface area contributed by atoms with E-state index < -0.39 is 0 Å². The Morgan fingerprint density at radius 3 is 2.67 bits per heavy atom. The van der Waals surface area contributed by atoms with Crippen LogP contribution in [0, 0.1) is 0 Å². The van der Waals surface area contributed by atoms with Gasteiger partial charge in [0.15, 0.2) is 11.6 Å². The summed E-state index contributed by atoms with van der Waals surface area (Å²) in [4.78, 5) is 11.7. The van der Waals surface area contributed by atoms with Gasteiger partial charge in [0.05, 0.1) is 11.4 Å². The summed E-state index contributed by atoms with van der Waals surface area (Å²) in [5.74, 6) is 1.58. The lowest BCUT2D eigenvalue weighted by Crippen LogP contribution is -2.15. The van der Waals surface area contributed by atoms with Gasteiger partial charge in [-0.25, -0.2) is 0 Å². The molecule has 0 atom stereocenters. The number of hydrogen-bond donors (Lipinski definition) is 0. The van der Waals surface area contributed by atoms with Gasteiger partial charge >= 0.3 is 0 Å². The van der Waals surface area contributed by atoms with Gasteiger partial charge in [-0.1, -0.05) is 30.3 Å². The molecule has 0 bridgehead atoms. The Kier molecular flexibility index (Phi) is 5.07. The van der Waals surface area contributed by atoms with Crippen LogP contribution < -0.4 is 0 Å². The highest BCUT2D eigenvalue weighted by Gasteiger charge is 2.23. The molecule has 0 unspecified atom stereocenters. The fourth-order valence-electron chi connectivity index (χ4n) is 3.12. The first-order valence-electron chi connectivity index (χ1n) is 8.69. The van der Waals surface area contributed by atoms with Gasteiger partial charge in [0, 0.05) is 30.1 Å². The molecule has 0 amide bonds. The summed E-state index contributed by atoms with van der Waals surface area (Å²) in [6.07, 6.45) is 2.08. The van der Waals surface area contributed by atoms with Crippen molar-refractivity contribution in [2.75, 3.05) is 20.4 Å². The summed E-state index contributed by atoms with van der Waals surface area (Å²) in [6, 6.07) is 16.7. The van der Waals surface area contributed by atoms with Gasteiger partial charge < -0.3 is 0 Å². The van der Waals surface area contributed by atoms with Crippen LogP contribution in [-0.2, 0) is 18.0 Å². The molecular formula is C20H21N5OS. The van der Waals surface area contributed by atoms with E-state index in [4.69, 9.17) is 9.83 Å². The maximum atomic E-state index is 5.63. The third-order valence-electron chi connectivity index (χ3n) is 4.37. The third kappa shape index (κ3) is 3.53. The van der Waals surface area contributed by atoms with Crippen molar-refractivity contribution in [3.8, 4) is 5.69 Å². The van der Waals surface area contributed by atoms with Crippen molar-refractivity contribution >= 4 is 17.5 Å². The maximum absolute atomic E-state index is 5.63. The Balaban J connectivity index is 1.88. The van der Waals surface area contributed by atoms with E-state index in [-0.39, 0.29) is 0 Å². The molecule has 2 heterocycles. The molecule has 0 spiro atoms. The van der Waals surface area contributed by atoms with Gasteiger partial charge in [-0.15, -0.1) is 22.0 Å². The average molecular weight is 379 g/mol. The molecule has 7 heteroatoms. The molecule has 1 aliphatic rings. The molecule has 0 saturated heterocycles. The highest BCUT2D eigenvalue weighted by atomic mass is 32.2. The lowest BCUT2D eigenvalue weighted by molar-refractivity contribution is -0.133. The zero-order valence-corrected chi connectivity index (χ0v) is 16.4. The normalized spacial score (nSPS) is 13.1. The fourth-order valence-corrected chi connectivity index (χ4v) is 3.56. The van der Waals surface area contributed by atoms with Crippen LogP contribution in [0.15, 0.2) is 58.4 Å². The second kappa shape index (κ2) is 7.64. The Labute approximate surface area is 162 Å². The number of aliphatic imine (C=N–C) groups is 1. The number of thioether (sulfide) groups is 1. The quantitative estimate of drug-likeness (QED) is 0.503. The molecule has 3 aromatic rings. The SMILES string of the molecule is CSc1ccc2c(c1)C(c1ccccc1)=NCc1nnc(CON(C)C)n1-2. The molecule has 0 fully saturated rings. The molecule has 0 N–H and O–H groups in total. The van der Waals surface area contributed by atoms with Crippen LogP contribution in [0.5, 0.6) is 0 Å². The van der Waals surface area contributed by atoms with Crippen LogP contribution in [-0.4, -0.2) is 45.9 Å². The number of hydrogen-bond acceptors (Lipinski definition) is 6. The van der Waals surface area contributed by atoms with Crippen LogP contribution in [0.1, 0.15) is 22.8 Å². The van der Waals surface area contributed by atoms with Gasteiger partial charge in [0.2, 0.25) is 0 Å². The van der Waals surface area contributed by atoms with E-state index in [1.54, 1.807) is 16.8 Å². The molecule has 2 aromatic carbocycles.